The van der Waals surface area contributed by atoms with E-state index in [1.165, 1.54) is 32.5 Å². The molecule has 6 nitrogen and oxygen atoms in total. The summed E-state index contributed by atoms with van der Waals surface area (Å²) in [5.74, 6) is 1.10. The van der Waals surface area contributed by atoms with Crippen LogP contribution in [0.4, 0.5) is 0 Å². The van der Waals surface area contributed by atoms with Crippen LogP contribution < -0.4 is 0 Å². The van der Waals surface area contributed by atoms with E-state index in [4.69, 9.17) is 4.74 Å². The lowest BCUT2D eigenvalue weighted by atomic mass is 9.97. The molecule has 0 aliphatic carbocycles. The average molecular weight is 324 g/mol. The van der Waals surface area contributed by atoms with E-state index in [1.807, 2.05) is 0 Å². The van der Waals surface area contributed by atoms with Crippen LogP contribution in [-0.2, 0) is 9.53 Å². The van der Waals surface area contributed by atoms with E-state index >= 15 is 0 Å². The first-order chi connectivity index (χ1) is 11.2. The summed E-state index contributed by atoms with van der Waals surface area (Å²) in [7, 11) is 2.23. The number of nitrogens with zero attached hydrogens (tertiary/aromatic N) is 4. The molecule has 3 fully saturated rings. The van der Waals surface area contributed by atoms with Crippen LogP contribution in [0.2, 0.25) is 0 Å². The molecule has 0 N–H and O–H groups in total. The highest BCUT2D eigenvalue weighted by Gasteiger charge is 2.26. The fourth-order valence-electron chi connectivity index (χ4n) is 4.02. The van der Waals surface area contributed by atoms with E-state index in [9.17, 15) is 4.79 Å². The van der Waals surface area contributed by atoms with Gasteiger partial charge in [0.05, 0.1) is 19.8 Å². The highest BCUT2D eigenvalue weighted by molar-refractivity contribution is 5.78. The van der Waals surface area contributed by atoms with Crippen molar-refractivity contribution in [3.8, 4) is 0 Å². The zero-order chi connectivity index (χ0) is 16.1. The summed E-state index contributed by atoms with van der Waals surface area (Å²) in [6, 6.07) is 0. The Kier molecular flexibility index (Phi) is 6.28. The highest BCUT2D eigenvalue weighted by atomic mass is 16.5. The Balaban J connectivity index is 1.36. The summed E-state index contributed by atoms with van der Waals surface area (Å²) in [4.78, 5) is 21.7. The van der Waals surface area contributed by atoms with E-state index in [-0.39, 0.29) is 0 Å². The van der Waals surface area contributed by atoms with Crippen molar-refractivity contribution >= 4 is 5.91 Å². The van der Waals surface area contributed by atoms with E-state index < -0.39 is 0 Å². The molecule has 0 bridgehead atoms. The van der Waals surface area contributed by atoms with Crippen LogP contribution in [0.1, 0.15) is 12.8 Å². The normalized spacial score (nSPS) is 28.9. The Morgan fingerprint density at radius 2 is 1.74 bits per heavy atom. The van der Waals surface area contributed by atoms with Crippen molar-refractivity contribution < 1.29 is 9.53 Å². The number of piperazine rings is 1. The third kappa shape index (κ3) is 5.14. The minimum Gasteiger partial charge on any atom is -0.379 e. The minimum absolute atomic E-state index is 0.295. The molecule has 132 valence electrons. The molecule has 1 amide bonds. The predicted molar refractivity (Wildman–Crippen MR) is 90.5 cm³/mol. The summed E-state index contributed by atoms with van der Waals surface area (Å²) >= 11 is 0. The maximum atomic E-state index is 12.4. The van der Waals surface area contributed by atoms with Crippen LogP contribution in [0, 0.1) is 5.92 Å². The van der Waals surface area contributed by atoms with Gasteiger partial charge in [-0.05, 0) is 32.4 Å². The molecule has 0 spiro atoms. The van der Waals surface area contributed by atoms with Gasteiger partial charge in [0.1, 0.15) is 0 Å². The van der Waals surface area contributed by atoms with Crippen molar-refractivity contribution in [2.75, 3.05) is 85.7 Å². The lowest BCUT2D eigenvalue weighted by molar-refractivity contribution is -0.135. The maximum absolute atomic E-state index is 12.4. The van der Waals surface area contributed by atoms with Crippen molar-refractivity contribution in [3.05, 3.63) is 0 Å². The third-order valence-corrected chi connectivity index (χ3v) is 5.43. The fraction of sp³-hybridized carbons (Fsp3) is 0.941. The second-order valence-corrected chi connectivity index (χ2v) is 7.34. The van der Waals surface area contributed by atoms with Crippen molar-refractivity contribution in [3.63, 3.8) is 0 Å². The smallest absolute Gasteiger partial charge is 0.236 e. The topological polar surface area (TPSA) is 39.3 Å². The lowest BCUT2D eigenvalue weighted by Gasteiger charge is -2.39. The third-order valence-electron chi connectivity index (χ3n) is 5.43. The minimum atomic E-state index is 0.295. The fourth-order valence-corrected chi connectivity index (χ4v) is 4.02. The molecule has 3 aliphatic heterocycles. The standard InChI is InChI=1S/C17H32N4O2/c1-18-4-2-3-16(13-18)14-19-5-7-21(8-6-19)17(22)15-20-9-11-23-12-10-20/h16H,2-15H2,1H3. The number of morpholine rings is 1. The van der Waals surface area contributed by atoms with E-state index in [0.29, 0.717) is 12.5 Å². The molecular weight excluding hydrogens is 292 g/mol. The van der Waals surface area contributed by atoms with E-state index in [0.717, 1.165) is 58.4 Å². The Hall–Kier alpha value is -0.690. The van der Waals surface area contributed by atoms with Gasteiger partial charge in [-0.2, -0.15) is 0 Å². The Morgan fingerprint density at radius 1 is 1.00 bits per heavy atom. The van der Waals surface area contributed by atoms with Crippen LogP contribution >= 0.6 is 0 Å². The summed E-state index contributed by atoms with van der Waals surface area (Å²) in [5, 5.41) is 0. The number of hydrogen-bond acceptors (Lipinski definition) is 5. The zero-order valence-corrected chi connectivity index (χ0v) is 14.6. The first-order valence-corrected chi connectivity index (χ1v) is 9.19. The predicted octanol–water partition coefficient (Wildman–Crippen LogP) is -0.195. The van der Waals surface area contributed by atoms with Gasteiger partial charge in [-0.1, -0.05) is 0 Å². The molecule has 0 aromatic heterocycles. The first-order valence-electron chi connectivity index (χ1n) is 9.19. The van der Waals surface area contributed by atoms with Gasteiger partial charge in [0.2, 0.25) is 5.91 Å². The van der Waals surface area contributed by atoms with Crippen molar-refractivity contribution in [1.29, 1.82) is 0 Å². The summed E-state index contributed by atoms with van der Waals surface area (Å²) in [6.07, 6.45) is 2.69. The van der Waals surface area contributed by atoms with Crippen molar-refractivity contribution in [1.82, 2.24) is 19.6 Å². The number of likely N-dealkylation sites (tertiary alicyclic amines) is 1. The Labute approximate surface area is 140 Å². The quantitative estimate of drug-likeness (QED) is 0.716. The number of carbonyl (C=O) groups excluding carboxylic acids is 1. The Bertz CT molecular complexity index is 379. The van der Waals surface area contributed by atoms with Crippen LogP contribution in [-0.4, -0.2) is 111 Å². The molecule has 1 unspecified atom stereocenters. The number of carbonyl (C=O) groups is 1. The molecule has 3 saturated heterocycles. The molecule has 0 saturated carbocycles. The van der Waals surface area contributed by atoms with Crippen LogP contribution in [0.5, 0.6) is 0 Å². The second kappa shape index (κ2) is 8.42. The molecule has 0 radical (unpaired) electrons. The van der Waals surface area contributed by atoms with E-state index in [2.05, 4.69) is 26.6 Å². The number of rotatable bonds is 4. The van der Waals surface area contributed by atoms with Gasteiger partial charge in [0.25, 0.3) is 0 Å². The molecule has 1 atom stereocenters. The number of ether oxygens (including phenoxy) is 1. The van der Waals surface area contributed by atoms with Gasteiger partial charge in [-0.15, -0.1) is 0 Å². The highest BCUT2D eigenvalue weighted by Crippen LogP contribution is 2.17. The summed E-state index contributed by atoms with van der Waals surface area (Å²) in [5.41, 5.74) is 0. The van der Waals surface area contributed by atoms with Crippen LogP contribution in [0.15, 0.2) is 0 Å². The molecule has 0 aromatic rings. The average Bonchev–Trinajstić information content (AvgIpc) is 2.56. The molecule has 3 aliphatic rings. The van der Waals surface area contributed by atoms with Gasteiger partial charge in [-0.25, -0.2) is 0 Å². The zero-order valence-electron chi connectivity index (χ0n) is 14.6. The first kappa shape index (κ1) is 17.1. The lowest BCUT2D eigenvalue weighted by Crippen LogP contribution is -2.53. The monoisotopic (exact) mass is 324 g/mol. The number of amides is 1. The summed E-state index contributed by atoms with van der Waals surface area (Å²) < 4.78 is 5.34. The molecule has 23 heavy (non-hydrogen) atoms. The van der Waals surface area contributed by atoms with Gasteiger partial charge in [0, 0.05) is 52.4 Å². The van der Waals surface area contributed by atoms with Crippen LogP contribution in [0.3, 0.4) is 0 Å². The van der Waals surface area contributed by atoms with Gasteiger partial charge in [0.15, 0.2) is 0 Å². The molecule has 6 heteroatoms. The van der Waals surface area contributed by atoms with Gasteiger partial charge in [-0.3, -0.25) is 14.6 Å². The second-order valence-electron chi connectivity index (χ2n) is 7.34. The van der Waals surface area contributed by atoms with Crippen molar-refractivity contribution in [2.45, 2.75) is 12.8 Å². The maximum Gasteiger partial charge on any atom is 0.236 e. The van der Waals surface area contributed by atoms with Crippen LogP contribution in [0.25, 0.3) is 0 Å². The Morgan fingerprint density at radius 3 is 2.43 bits per heavy atom. The number of piperidine rings is 1. The molecular formula is C17H32N4O2. The van der Waals surface area contributed by atoms with Gasteiger partial charge < -0.3 is 14.5 Å². The van der Waals surface area contributed by atoms with Gasteiger partial charge >= 0.3 is 0 Å². The summed E-state index contributed by atoms with van der Waals surface area (Å²) in [6.45, 7) is 11.4. The SMILES string of the molecule is CN1CCCC(CN2CCN(C(=O)CN3CCOCC3)CC2)C1. The van der Waals surface area contributed by atoms with Crippen molar-refractivity contribution in [2.24, 2.45) is 5.92 Å². The number of hydrogen-bond donors (Lipinski definition) is 0. The molecule has 0 aromatic carbocycles. The van der Waals surface area contributed by atoms with E-state index in [1.54, 1.807) is 0 Å². The molecule has 3 heterocycles. The largest absolute Gasteiger partial charge is 0.379 e. The molecule has 3 rings (SSSR count).